The Morgan fingerprint density at radius 3 is 2.71 bits per heavy atom. The predicted octanol–water partition coefficient (Wildman–Crippen LogP) is 4.87. The van der Waals surface area contributed by atoms with Crippen molar-refractivity contribution in [1.29, 1.82) is 0 Å². The van der Waals surface area contributed by atoms with Gasteiger partial charge >= 0.3 is 5.97 Å². The zero-order chi connectivity index (χ0) is 24.2. The normalized spacial score (nSPS) is 15.7. The molecule has 1 atom stereocenters. The molecule has 7 heteroatoms. The van der Waals surface area contributed by atoms with Gasteiger partial charge in [-0.25, -0.2) is 4.79 Å². The van der Waals surface area contributed by atoms with E-state index >= 15 is 0 Å². The minimum absolute atomic E-state index is 0.0868. The number of fused-ring (bicyclic) bond motifs is 1. The largest absolute Gasteiger partial charge is 0.478 e. The van der Waals surface area contributed by atoms with E-state index in [1.807, 2.05) is 36.7 Å². The number of nitrogens with zero attached hydrogens (tertiary/aromatic N) is 2. The molecule has 4 aromatic rings. The Labute approximate surface area is 203 Å². The first-order chi connectivity index (χ1) is 17.0. The van der Waals surface area contributed by atoms with E-state index in [-0.39, 0.29) is 11.5 Å². The van der Waals surface area contributed by atoms with E-state index in [1.54, 1.807) is 12.1 Å². The van der Waals surface area contributed by atoms with Gasteiger partial charge in [0.25, 0.3) is 5.91 Å². The van der Waals surface area contributed by atoms with Crippen molar-refractivity contribution in [3.05, 3.63) is 102 Å². The molecular formula is C28H26N4O3. The maximum atomic E-state index is 12.6. The van der Waals surface area contributed by atoms with Gasteiger partial charge in [-0.05, 0) is 54.4 Å². The number of anilines is 2. The number of hydrogen-bond donors (Lipinski definition) is 3. The van der Waals surface area contributed by atoms with Gasteiger partial charge in [-0.1, -0.05) is 30.3 Å². The summed E-state index contributed by atoms with van der Waals surface area (Å²) >= 11 is 0. The standard InChI is InChI=1S/C28H26N4O3/c33-27(20-5-2-6-21(15-20)28(34)35)31-23-8-1-4-19(14-23)17-32-13-11-24(18-32)30-26-9-3-7-22-16-29-12-10-25(22)26/h1-10,12,14-16,24,30H,11,13,17-18H2,(H,31,33)(H,34,35). The minimum atomic E-state index is -1.06. The average molecular weight is 467 g/mol. The highest BCUT2D eigenvalue weighted by Crippen LogP contribution is 2.25. The van der Waals surface area contributed by atoms with Gasteiger partial charge in [0.2, 0.25) is 0 Å². The van der Waals surface area contributed by atoms with E-state index in [0.717, 1.165) is 42.7 Å². The summed E-state index contributed by atoms with van der Waals surface area (Å²) < 4.78 is 0. The molecule has 0 aliphatic carbocycles. The zero-order valence-electron chi connectivity index (χ0n) is 19.1. The third-order valence-corrected chi connectivity index (χ3v) is 6.28. The van der Waals surface area contributed by atoms with Crippen LogP contribution >= 0.6 is 0 Å². The average Bonchev–Trinajstić information content (AvgIpc) is 3.31. The van der Waals surface area contributed by atoms with Crippen molar-refractivity contribution < 1.29 is 14.7 Å². The van der Waals surface area contributed by atoms with E-state index in [9.17, 15) is 9.59 Å². The first kappa shape index (κ1) is 22.6. The molecule has 1 saturated heterocycles. The van der Waals surface area contributed by atoms with E-state index in [2.05, 4.69) is 44.8 Å². The lowest BCUT2D eigenvalue weighted by Gasteiger charge is -2.19. The molecule has 7 nitrogen and oxygen atoms in total. The number of hydrogen-bond acceptors (Lipinski definition) is 5. The first-order valence-corrected chi connectivity index (χ1v) is 11.6. The minimum Gasteiger partial charge on any atom is -0.478 e. The van der Waals surface area contributed by atoms with Gasteiger partial charge in [-0.3, -0.25) is 14.7 Å². The third-order valence-electron chi connectivity index (χ3n) is 6.28. The zero-order valence-corrected chi connectivity index (χ0v) is 19.1. The third kappa shape index (κ3) is 5.31. The molecule has 0 bridgehead atoms. The molecule has 0 radical (unpaired) electrons. The van der Waals surface area contributed by atoms with E-state index in [1.165, 1.54) is 17.5 Å². The van der Waals surface area contributed by atoms with Crippen LogP contribution in [0.25, 0.3) is 10.8 Å². The van der Waals surface area contributed by atoms with E-state index in [4.69, 9.17) is 5.11 Å². The molecule has 0 saturated carbocycles. The highest BCUT2D eigenvalue weighted by atomic mass is 16.4. The van der Waals surface area contributed by atoms with Crippen LogP contribution in [-0.2, 0) is 6.54 Å². The van der Waals surface area contributed by atoms with Crippen LogP contribution in [0, 0.1) is 0 Å². The smallest absolute Gasteiger partial charge is 0.335 e. The molecule has 3 aromatic carbocycles. The summed E-state index contributed by atoms with van der Waals surface area (Å²) in [5.41, 5.74) is 3.33. The number of likely N-dealkylation sites (tertiary alicyclic amines) is 1. The Bertz CT molecular complexity index is 1380. The van der Waals surface area contributed by atoms with Crippen molar-refractivity contribution in [2.45, 2.75) is 19.0 Å². The second-order valence-electron chi connectivity index (χ2n) is 8.81. The molecule has 176 valence electrons. The van der Waals surface area contributed by atoms with Crippen molar-refractivity contribution in [3.63, 3.8) is 0 Å². The molecule has 2 heterocycles. The molecule has 1 aliphatic heterocycles. The van der Waals surface area contributed by atoms with Crippen LogP contribution in [0.2, 0.25) is 0 Å². The monoisotopic (exact) mass is 466 g/mol. The number of carbonyl (C=O) groups is 2. The molecule has 5 rings (SSSR count). The molecule has 3 N–H and O–H groups in total. The summed E-state index contributed by atoms with van der Waals surface area (Å²) in [6.07, 6.45) is 4.76. The summed E-state index contributed by atoms with van der Waals surface area (Å²) in [6, 6.07) is 22.5. The number of amides is 1. The number of rotatable bonds is 7. The predicted molar refractivity (Wildman–Crippen MR) is 137 cm³/mol. The van der Waals surface area contributed by atoms with E-state index < -0.39 is 5.97 Å². The Morgan fingerprint density at radius 2 is 1.83 bits per heavy atom. The maximum absolute atomic E-state index is 12.6. The van der Waals surface area contributed by atoms with Crippen molar-refractivity contribution >= 4 is 34.0 Å². The van der Waals surface area contributed by atoms with Gasteiger partial charge in [-0.2, -0.15) is 0 Å². The number of benzene rings is 3. The van der Waals surface area contributed by atoms with Crippen LogP contribution in [0.4, 0.5) is 11.4 Å². The Morgan fingerprint density at radius 1 is 1.00 bits per heavy atom. The summed E-state index contributed by atoms with van der Waals surface area (Å²) in [5.74, 6) is -1.39. The fourth-order valence-electron chi connectivity index (χ4n) is 4.56. The molecule has 1 aromatic heterocycles. The van der Waals surface area contributed by atoms with Gasteiger partial charge in [0.05, 0.1) is 5.56 Å². The van der Waals surface area contributed by atoms with Crippen molar-refractivity contribution in [3.8, 4) is 0 Å². The number of carboxylic acid groups (broad SMARTS) is 1. The number of carbonyl (C=O) groups excluding carboxylic acids is 1. The van der Waals surface area contributed by atoms with Gasteiger partial charge in [0.1, 0.15) is 0 Å². The summed E-state index contributed by atoms with van der Waals surface area (Å²) in [7, 11) is 0. The Hall–Kier alpha value is -4.23. The first-order valence-electron chi connectivity index (χ1n) is 11.6. The molecule has 1 fully saturated rings. The van der Waals surface area contributed by atoms with Crippen molar-refractivity contribution in [1.82, 2.24) is 9.88 Å². The van der Waals surface area contributed by atoms with Crippen LogP contribution in [-0.4, -0.2) is 46.0 Å². The summed E-state index contributed by atoms with van der Waals surface area (Å²) in [5, 5.41) is 18.0. The fraction of sp³-hybridized carbons (Fsp3) is 0.179. The fourth-order valence-corrected chi connectivity index (χ4v) is 4.56. The highest BCUT2D eigenvalue weighted by Gasteiger charge is 2.23. The van der Waals surface area contributed by atoms with Crippen molar-refractivity contribution in [2.24, 2.45) is 0 Å². The molecule has 1 aliphatic rings. The summed E-state index contributed by atoms with van der Waals surface area (Å²) in [4.78, 5) is 30.4. The number of carboxylic acids is 1. The lowest BCUT2D eigenvalue weighted by atomic mass is 10.1. The lowest BCUT2D eigenvalue weighted by Crippen LogP contribution is -2.26. The topological polar surface area (TPSA) is 94.6 Å². The Balaban J connectivity index is 1.20. The SMILES string of the molecule is O=C(O)c1cccc(C(=O)Nc2cccc(CN3CCC(Nc4cccc5cnccc45)C3)c2)c1. The quantitative estimate of drug-likeness (QED) is 0.360. The number of pyridine rings is 1. The van der Waals surface area contributed by atoms with Gasteiger partial charge in [-0.15, -0.1) is 0 Å². The molecule has 1 unspecified atom stereocenters. The van der Waals surface area contributed by atoms with Crippen LogP contribution in [0.1, 0.15) is 32.7 Å². The number of nitrogens with one attached hydrogen (secondary N) is 2. The highest BCUT2D eigenvalue weighted by molar-refractivity contribution is 6.05. The summed E-state index contributed by atoms with van der Waals surface area (Å²) in [6.45, 7) is 2.71. The number of aromatic nitrogens is 1. The Kier molecular flexibility index (Phi) is 6.41. The molecule has 0 spiro atoms. The van der Waals surface area contributed by atoms with Crippen molar-refractivity contribution in [2.75, 3.05) is 23.7 Å². The number of aromatic carboxylic acids is 1. The maximum Gasteiger partial charge on any atom is 0.335 e. The van der Waals surface area contributed by atoms with Crippen LogP contribution < -0.4 is 10.6 Å². The lowest BCUT2D eigenvalue weighted by molar-refractivity contribution is 0.0697. The molecular weight excluding hydrogens is 440 g/mol. The second-order valence-corrected chi connectivity index (χ2v) is 8.81. The van der Waals surface area contributed by atoms with Gasteiger partial charge in [0.15, 0.2) is 0 Å². The van der Waals surface area contributed by atoms with Crippen LogP contribution in [0.3, 0.4) is 0 Å². The van der Waals surface area contributed by atoms with Crippen LogP contribution in [0.15, 0.2) is 85.2 Å². The second kappa shape index (κ2) is 9.95. The van der Waals surface area contributed by atoms with Gasteiger partial charge < -0.3 is 15.7 Å². The molecule has 35 heavy (non-hydrogen) atoms. The van der Waals surface area contributed by atoms with Crippen LogP contribution in [0.5, 0.6) is 0 Å². The molecule has 1 amide bonds. The van der Waals surface area contributed by atoms with Gasteiger partial charge in [0, 0.05) is 65.8 Å². The van der Waals surface area contributed by atoms with E-state index in [0.29, 0.717) is 17.3 Å².